The van der Waals surface area contributed by atoms with Crippen molar-refractivity contribution in [2.45, 2.75) is 56.5 Å². The van der Waals surface area contributed by atoms with Gasteiger partial charge in [-0.1, -0.05) is 19.8 Å². The van der Waals surface area contributed by atoms with Crippen LogP contribution in [0.15, 0.2) is 32.3 Å². The number of carbonyl (C=O) groups is 1. The van der Waals surface area contributed by atoms with E-state index in [1.807, 2.05) is 6.92 Å². The smallest absolute Gasteiger partial charge is 0.420 e. The predicted octanol–water partition coefficient (Wildman–Crippen LogP) is 1.77. The molecule has 0 spiro atoms. The number of carbonyl (C=O) groups excluding carboxylic acids is 1. The molecular weight excluding hydrogens is 360 g/mol. The molecule has 0 saturated heterocycles. The number of esters is 1. The molecule has 142 valence electrons. The number of aromatic nitrogens is 1. The normalized spacial score (nSPS) is 15.6. The number of nitrogens with zero attached hydrogens (tertiary/aromatic N) is 1. The monoisotopic (exact) mass is 382 g/mol. The van der Waals surface area contributed by atoms with Gasteiger partial charge in [-0.2, -0.15) is 0 Å². The molecule has 26 heavy (non-hydrogen) atoms. The molecule has 8 nitrogen and oxygen atoms in total. The Kier molecular flexibility index (Phi) is 5.47. The molecule has 2 aromatic rings. The third-order valence-corrected chi connectivity index (χ3v) is 5.90. The van der Waals surface area contributed by atoms with Crippen molar-refractivity contribution in [1.82, 2.24) is 9.29 Å². The number of hydrogen-bond acceptors (Lipinski definition) is 6. The summed E-state index contributed by atoms with van der Waals surface area (Å²) in [6.07, 6.45) is 4.36. The van der Waals surface area contributed by atoms with Gasteiger partial charge in [0.25, 0.3) is 0 Å². The summed E-state index contributed by atoms with van der Waals surface area (Å²) >= 11 is 0. The first kappa shape index (κ1) is 18.7. The lowest BCUT2D eigenvalue weighted by atomic mass is 10.3. The van der Waals surface area contributed by atoms with Gasteiger partial charge in [0.05, 0.1) is 17.0 Å². The van der Waals surface area contributed by atoms with E-state index in [0.29, 0.717) is 11.9 Å². The molecule has 0 amide bonds. The fourth-order valence-electron chi connectivity index (χ4n) is 3.09. The van der Waals surface area contributed by atoms with Crippen LogP contribution in [0.1, 0.15) is 39.0 Å². The third-order valence-electron chi connectivity index (χ3n) is 4.38. The Morgan fingerprint density at radius 3 is 2.77 bits per heavy atom. The number of oxazole rings is 1. The summed E-state index contributed by atoms with van der Waals surface area (Å²) in [6, 6.07) is 4.13. The number of fused-ring (bicyclic) bond motifs is 1. The third kappa shape index (κ3) is 3.99. The zero-order valence-electron chi connectivity index (χ0n) is 14.6. The molecule has 3 rings (SSSR count). The van der Waals surface area contributed by atoms with E-state index in [4.69, 9.17) is 9.15 Å². The van der Waals surface area contributed by atoms with E-state index in [1.165, 1.54) is 18.2 Å². The number of sulfonamides is 1. The van der Waals surface area contributed by atoms with Crippen LogP contribution in [0.5, 0.6) is 0 Å². The average Bonchev–Trinajstić information content (AvgIpc) is 3.20. The molecule has 1 heterocycles. The van der Waals surface area contributed by atoms with Crippen LogP contribution in [0, 0.1) is 0 Å². The van der Waals surface area contributed by atoms with E-state index in [2.05, 4.69) is 4.72 Å². The second-order valence-electron chi connectivity index (χ2n) is 6.41. The van der Waals surface area contributed by atoms with E-state index in [0.717, 1.165) is 30.3 Å². The first-order valence-corrected chi connectivity index (χ1v) is 10.2. The van der Waals surface area contributed by atoms with Crippen molar-refractivity contribution in [2.75, 3.05) is 6.61 Å². The molecule has 1 fully saturated rings. The molecule has 0 atom stereocenters. The van der Waals surface area contributed by atoms with Crippen molar-refractivity contribution in [3.63, 3.8) is 0 Å². The summed E-state index contributed by atoms with van der Waals surface area (Å²) in [5.41, 5.74) is 0.468. The molecule has 1 aliphatic carbocycles. The molecule has 0 unspecified atom stereocenters. The largest absolute Gasteiger partial charge is 0.464 e. The van der Waals surface area contributed by atoms with Gasteiger partial charge in [-0.05, 0) is 31.4 Å². The van der Waals surface area contributed by atoms with Crippen molar-refractivity contribution in [1.29, 1.82) is 0 Å². The number of benzene rings is 1. The fraction of sp³-hybridized carbons (Fsp3) is 0.529. The van der Waals surface area contributed by atoms with E-state index in [1.54, 1.807) is 0 Å². The van der Waals surface area contributed by atoms with Crippen LogP contribution in [-0.2, 0) is 26.1 Å². The summed E-state index contributed by atoms with van der Waals surface area (Å²) in [7, 11) is -3.69. The lowest BCUT2D eigenvalue weighted by Gasteiger charge is -2.12. The summed E-state index contributed by atoms with van der Waals surface area (Å²) in [4.78, 5) is 23.8. The number of ether oxygens (including phenoxy) is 1. The quantitative estimate of drug-likeness (QED) is 0.731. The van der Waals surface area contributed by atoms with Crippen molar-refractivity contribution < 1.29 is 22.4 Å². The summed E-state index contributed by atoms with van der Waals surface area (Å²) < 4.78 is 38.9. The first-order valence-electron chi connectivity index (χ1n) is 8.72. The second kappa shape index (κ2) is 7.63. The summed E-state index contributed by atoms with van der Waals surface area (Å²) in [5, 5.41) is 0. The van der Waals surface area contributed by atoms with Gasteiger partial charge in [-0.15, -0.1) is 0 Å². The van der Waals surface area contributed by atoms with Gasteiger partial charge < -0.3 is 9.15 Å². The second-order valence-corrected chi connectivity index (χ2v) is 8.12. The predicted molar refractivity (Wildman–Crippen MR) is 94.3 cm³/mol. The van der Waals surface area contributed by atoms with Crippen LogP contribution in [0.2, 0.25) is 0 Å². The lowest BCUT2D eigenvalue weighted by Crippen LogP contribution is -2.32. The highest BCUT2D eigenvalue weighted by atomic mass is 32.2. The van der Waals surface area contributed by atoms with E-state index >= 15 is 0 Å². The van der Waals surface area contributed by atoms with Crippen LogP contribution < -0.4 is 10.5 Å². The van der Waals surface area contributed by atoms with Crippen LogP contribution in [-0.4, -0.2) is 31.6 Å². The average molecular weight is 382 g/mol. The molecule has 1 N–H and O–H groups in total. The van der Waals surface area contributed by atoms with Crippen LogP contribution >= 0.6 is 0 Å². The van der Waals surface area contributed by atoms with Crippen molar-refractivity contribution in [3.05, 3.63) is 28.7 Å². The number of nitrogens with one attached hydrogen (secondary N) is 1. The number of rotatable bonds is 7. The minimum atomic E-state index is -3.69. The molecule has 1 saturated carbocycles. The van der Waals surface area contributed by atoms with Gasteiger partial charge in [0, 0.05) is 12.1 Å². The molecule has 0 aliphatic heterocycles. The van der Waals surface area contributed by atoms with Gasteiger partial charge in [-0.25, -0.2) is 17.9 Å². The van der Waals surface area contributed by atoms with Gasteiger partial charge in [0.15, 0.2) is 5.58 Å². The van der Waals surface area contributed by atoms with Gasteiger partial charge in [0.2, 0.25) is 10.0 Å². The Hall–Kier alpha value is -2.13. The van der Waals surface area contributed by atoms with E-state index in [-0.39, 0.29) is 29.7 Å². The molecular formula is C17H22N2O6S. The Morgan fingerprint density at radius 1 is 1.35 bits per heavy atom. The molecule has 1 aliphatic rings. The van der Waals surface area contributed by atoms with Gasteiger partial charge in [-0.3, -0.25) is 9.36 Å². The minimum absolute atomic E-state index is 0.0337. The minimum Gasteiger partial charge on any atom is -0.464 e. The highest BCUT2D eigenvalue weighted by Crippen LogP contribution is 2.22. The molecule has 9 heteroatoms. The molecule has 1 aromatic heterocycles. The zero-order valence-corrected chi connectivity index (χ0v) is 15.4. The highest BCUT2D eigenvalue weighted by Gasteiger charge is 2.24. The van der Waals surface area contributed by atoms with Crippen molar-refractivity contribution in [2.24, 2.45) is 0 Å². The standard InChI is InChI=1S/C17H22N2O6S/c1-2-9-24-16(20)11-19-14-8-7-13(10-15(14)25-17(19)21)26(22,23)18-12-5-3-4-6-12/h7-8,10,12,18H,2-6,9,11H2,1H3. The van der Waals surface area contributed by atoms with Gasteiger partial charge in [0.1, 0.15) is 6.54 Å². The lowest BCUT2D eigenvalue weighted by molar-refractivity contribution is -0.144. The maximum absolute atomic E-state index is 12.5. The fourth-order valence-corrected chi connectivity index (χ4v) is 4.41. The van der Waals surface area contributed by atoms with Gasteiger partial charge >= 0.3 is 11.7 Å². The SMILES string of the molecule is CCCOC(=O)Cn1c(=O)oc2cc(S(=O)(=O)NC3CCCC3)ccc21. The van der Waals surface area contributed by atoms with E-state index < -0.39 is 21.7 Å². The maximum Gasteiger partial charge on any atom is 0.420 e. The topological polar surface area (TPSA) is 108 Å². The van der Waals surface area contributed by atoms with Crippen LogP contribution in [0.3, 0.4) is 0 Å². The molecule has 0 radical (unpaired) electrons. The maximum atomic E-state index is 12.5. The number of hydrogen-bond donors (Lipinski definition) is 1. The summed E-state index contributed by atoms with van der Waals surface area (Å²) in [6.45, 7) is 1.87. The zero-order chi connectivity index (χ0) is 18.7. The Labute approximate surface area is 151 Å². The van der Waals surface area contributed by atoms with Crippen molar-refractivity contribution in [3.8, 4) is 0 Å². The molecule has 0 bridgehead atoms. The first-order chi connectivity index (χ1) is 12.4. The Bertz CT molecular complexity index is 953. The highest BCUT2D eigenvalue weighted by molar-refractivity contribution is 7.89. The Morgan fingerprint density at radius 2 is 2.08 bits per heavy atom. The summed E-state index contributed by atoms with van der Waals surface area (Å²) in [5.74, 6) is -1.28. The molecule has 1 aromatic carbocycles. The van der Waals surface area contributed by atoms with Crippen molar-refractivity contribution >= 4 is 27.1 Å². The van der Waals surface area contributed by atoms with Crippen LogP contribution in [0.4, 0.5) is 0 Å². The van der Waals surface area contributed by atoms with Crippen LogP contribution in [0.25, 0.3) is 11.1 Å². The Balaban J connectivity index is 1.85. The van der Waals surface area contributed by atoms with E-state index in [9.17, 15) is 18.0 Å².